The number of piperidine rings is 1. The first-order valence-corrected chi connectivity index (χ1v) is 6.94. The van der Waals surface area contributed by atoms with E-state index in [2.05, 4.69) is 5.32 Å². The lowest BCUT2D eigenvalue weighted by Gasteiger charge is -2.34. The van der Waals surface area contributed by atoms with Crippen LogP contribution < -0.4 is 5.32 Å². The Hall–Kier alpha value is -2.04. The van der Waals surface area contributed by atoms with Gasteiger partial charge >= 0.3 is 12.0 Å². The van der Waals surface area contributed by atoms with Crippen molar-refractivity contribution in [1.82, 2.24) is 10.2 Å². The standard InChI is InChI=1S/C15H20N2O3/c1-11-7-5-6-10-17(11)15(20)16-13(14(18)19)12-8-3-2-4-9-12/h2-4,8-9,11,13H,5-7,10H2,1H3,(H,16,20)(H,18,19). The van der Waals surface area contributed by atoms with Crippen molar-refractivity contribution >= 4 is 12.0 Å². The highest BCUT2D eigenvalue weighted by Crippen LogP contribution is 2.18. The van der Waals surface area contributed by atoms with Crippen LogP contribution in [-0.4, -0.2) is 34.6 Å². The summed E-state index contributed by atoms with van der Waals surface area (Å²) in [7, 11) is 0. The molecule has 1 aromatic rings. The van der Waals surface area contributed by atoms with Gasteiger partial charge in [0.1, 0.15) is 0 Å². The Kier molecular flexibility index (Phi) is 4.61. The smallest absolute Gasteiger partial charge is 0.330 e. The molecule has 5 nitrogen and oxygen atoms in total. The van der Waals surface area contributed by atoms with Gasteiger partial charge in [-0.15, -0.1) is 0 Å². The monoisotopic (exact) mass is 276 g/mol. The molecule has 0 bridgehead atoms. The maximum Gasteiger partial charge on any atom is 0.330 e. The number of carboxylic acids is 1. The Morgan fingerprint density at radius 2 is 2.00 bits per heavy atom. The summed E-state index contributed by atoms with van der Waals surface area (Å²) in [5, 5.41) is 11.9. The molecule has 1 aromatic carbocycles. The van der Waals surface area contributed by atoms with E-state index in [-0.39, 0.29) is 12.1 Å². The minimum atomic E-state index is -1.05. The van der Waals surface area contributed by atoms with Crippen LogP contribution in [0.4, 0.5) is 4.79 Å². The van der Waals surface area contributed by atoms with Crippen molar-refractivity contribution in [2.45, 2.75) is 38.3 Å². The molecule has 1 fully saturated rings. The van der Waals surface area contributed by atoms with E-state index in [0.717, 1.165) is 19.3 Å². The highest BCUT2D eigenvalue weighted by Gasteiger charge is 2.28. The fourth-order valence-corrected chi connectivity index (χ4v) is 2.54. The number of carbonyl (C=O) groups excluding carboxylic acids is 1. The minimum absolute atomic E-state index is 0.161. The summed E-state index contributed by atoms with van der Waals surface area (Å²) >= 11 is 0. The molecule has 108 valence electrons. The van der Waals surface area contributed by atoms with Crippen LogP contribution >= 0.6 is 0 Å². The van der Waals surface area contributed by atoms with Crippen LogP contribution in [0, 0.1) is 0 Å². The summed E-state index contributed by atoms with van der Waals surface area (Å²) in [5.74, 6) is -1.05. The number of urea groups is 1. The number of benzene rings is 1. The van der Waals surface area contributed by atoms with Gasteiger partial charge in [-0.05, 0) is 31.7 Å². The van der Waals surface area contributed by atoms with E-state index in [9.17, 15) is 14.7 Å². The van der Waals surface area contributed by atoms with Gasteiger partial charge in [0, 0.05) is 12.6 Å². The Labute approximate surface area is 118 Å². The maximum absolute atomic E-state index is 12.2. The first-order chi connectivity index (χ1) is 9.59. The largest absolute Gasteiger partial charge is 0.479 e. The molecule has 1 heterocycles. The predicted molar refractivity (Wildman–Crippen MR) is 75.4 cm³/mol. The molecular weight excluding hydrogens is 256 g/mol. The molecular formula is C15H20N2O3. The quantitative estimate of drug-likeness (QED) is 0.890. The van der Waals surface area contributed by atoms with Gasteiger partial charge in [0.2, 0.25) is 0 Å². The number of hydrogen-bond donors (Lipinski definition) is 2. The zero-order chi connectivity index (χ0) is 14.5. The molecule has 0 saturated carbocycles. The van der Waals surface area contributed by atoms with E-state index in [1.165, 1.54) is 0 Å². The summed E-state index contributed by atoms with van der Waals surface area (Å²) in [6.07, 6.45) is 3.06. The molecule has 5 heteroatoms. The van der Waals surface area contributed by atoms with Crippen molar-refractivity contribution < 1.29 is 14.7 Å². The van der Waals surface area contributed by atoms with Gasteiger partial charge in [-0.25, -0.2) is 9.59 Å². The summed E-state index contributed by atoms with van der Waals surface area (Å²) < 4.78 is 0. The van der Waals surface area contributed by atoms with Crippen LogP contribution in [0.3, 0.4) is 0 Å². The molecule has 1 aliphatic rings. The second-order valence-electron chi connectivity index (χ2n) is 5.17. The van der Waals surface area contributed by atoms with Crippen molar-refractivity contribution in [1.29, 1.82) is 0 Å². The molecule has 0 spiro atoms. The van der Waals surface area contributed by atoms with E-state index >= 15 is 0 Å². The molecule has 2 rings (SSSR count). The fourth-order valence-electron chi connectivity index (χ4n) is 2.54. The first kappa shape index (κ1) is 14.4. The molecule has 2 N–H and O–H groups in total. The Morgan fingerprint density at radius 3 is 2.60 bits per heavy atom. The van der Waals surface area contributed by atoms with Crippen LogP contribution in [0.1, 0.15) is 37.8 Å². The van der Waals surface area contributed by atoms with E-state index < -0.39 is 12.0 Å². The van der Waals surface area contributed by atoms with E-state index in [1.54, 1.807) is 29.2 Å². The lowest BCUT2D eigenvalue weighted by molar-refractivity contribution is -0.139. The van der Waals surface area contributed by atoms with E-state index in [0.29, 0.717) is 12.1 Å². The van der Waals surface area contributed by atoms with Crippen LogP contribution in [0.2, 0.25) is 0 Å². The highest BCUT2D eigenvalue weighted by molar-refractivity contribution is 5.83. The molecule has 1 aliphatic heterocycles. The fraction of sp³-hybridized carbons (Fsp3) is 0.467. The van der Waals surface area contributed by atoms with Gasteiger partial charge in [0.25, 0.3) is 0 Å². The molecule has 20 heavy (non-hydrogen) atoms. The number of nitrogens with zero attached hydrogens (tertiary/aromatic N) is 1. The minimum Gasteiger partial charge on any atom is -0.479 e. The number of rotatable bonds is 3. The second-order valence-corrected chi connectivity index (χ2v) is 5.17. The van der Waals surface area contributed by atoms with Gasteiger partial charge in [0.15, 0.2) is 6.04 Å². The molecule has 0 aliphatic carbocycles. The third-order valence-electron chi connectivity index (χ3n) is 3.71. The van der Waals surface area contributed by atoms with Crippen LogP contribution in [-0.2, 0) is 4.79 Å². The number of carbonyl (C=O) groups is 2. The van der Waals surface area contributed by atoms with Gasteiger partial charge in [-0.1, -0.05) is 30.3 Å². The number of amides is 2. The normalized spacial score (nSPS) is 20.2. The molecule has 0 aromatic heterocycles. The maximum atomic E-state index is 12.2. The number of nitrogens with one attached hydrogen (secondary N) is 1. The van der Waals surface area contributed by atoms with Crippen molar-refractivity contribution in [3.8, 4) is 0 Å². The zero-order valence-electron chi connectivity index (χ0n) is 11.6. The van der Waals surface area contributed by atoms with Gasteiger partial charge in [-0.3, -0.25) is 0 Å². The average molecular weight is 276 g/mol. The van der Waals surface area contributed by atoms with Crippen LogP contribution in [0.15, 0.2) is 30.3 Å². The van der Waals surface area contributed by atoms with Gasteiger partial charge in [0.05, 0.1) is 0 Å². The predicted octanol–water partition coefficient (Wildman–Crippen LogP) is 2.40. The Bertz CT molecular complexity index is 475. The van der Waals surface area contributed by atoms with E-state index in [1.807, 2.05) is 13.0 Å². The first-order valence-electron chi connectivity index (χ1n) is 6.94. The zero-order valence-corrected chi connectivity index (χ0v) is 11.6. The number of hydrogen-bond acceptors (Lipinski definition) is 2. The van der Waals surface area contributed by atoms with Crippen LogP contribution in [0.5, 0.6) is 0 Å². The molecule has 2 atom stereocenters. The average Bonchev–Trinajstić information content (AvgIpc) is 2.45. The molecule has 0 radical (unpaired) electrons. The second kappa shape index (κ2) is 6.41. The number of likely N-dealkylation sites (tertiary alicyclic amines) is 1. The summed E-state index contributed by atoms with van der Waals surface area (Å²) in [5.41, 5.74) is 0.581. The molecule has 2 amide bonds. The third kappa shape index (κ3) is 3.29. The van der Waals surface area contributed by atoms with Crippen molar-refractivity contribution in [2.75, 3.05) is 6.54 Å². The third-order valence-corrected chi connectivity index (χ3v) is 3.71. The lowest BCUT2D eigenvalue weighted by Crippen LogP contribution is -2.49. The van der Waals surface area contributed by atoms with Crippen molar-refractivity contribution in [3.63, 3.8) is 0 Å². The summed E-state index contributed by atoms with van der Waals surface area (Å²) in [6.45, 7) is 2.69. The van der Waals surface area contributed by atoms with Crippen LogP contribution in [0.25, 0.3) is 0 Å². The topological polar surface area (TPSA) is 69.6 Å². The number of aliphatic carboxylic acids is 1. The van der Waals surface area contributed by atoms with Gasteiger partial charge in [-0.2, -0.15) is 0 Å². The number of carboxylic acid groups (broad SMARTS) is 1. The highest BCUT2D eigenvalue weighted by atomic mass is 16.4. The SMILES string of the molecule is CC1CCCCN1C(=O)NC(C(=O)O)c1ccccc1. The van der Waals surface area contributed by atoms with Crippen molar-refractivity contribution in [2.24, 2.45) is 0 Å². The molecule has 2 unspecified atom stereocenters. The molecule has 1 saturated heterocycles. The van der Waals surface area contributed by atoms with Gasteiger partial charge < -0.3 is 15.3 Å². The van der Waals surface area contributed by atoms with E-state index in [4.69, 9.17) is 0 Å². The lowest BCUT2D eigenvalue weighted by atomic mass is 10.0. The Balaban J connectivity index is 2.08. The summed E-state index contributed by atoms with van der Waals surface area (Å²) in [4.78, 5) is 25.3. The Morgan fingerprint density at radius 1 is 1.30 bits per heavy atom. The summed E-state index contributed by atoms with van der Waals surface area (Å²) in [6, 6.07) is 7.62. The van der Waals surface area contributed by atoms with Crippen molar-refractivity contribution in [3.05, 3.63) is 35.9 Å².